The van der Waals surface area contributed by atoms with Crippen LogP contribution in [-0.2, 0) is 6.61 Å². The SMILES string of the molecule is CSc1ccc(N)c([N+](=O)[O-])c1CO. The summed E-state index contributed by atoms with van der Waals surface area (Å²) in [6.07, 6.45) is 1.79. The number of benzene rings is 1. The number of aliphatic hydroxyl groups excluding tert-OH is 1. The van der Waals surface area contributed by atoms with E-state index in [1.165, 1.54) is 17.8 Å². The van der Waals surface area contributed by atoms with Gasteiger partial charge in [-0.2, -0.15) is 0 Å². The minimum atomic E-state index is -0.569. The highest BCUT2D eigenvalue weighted by atomic mass is 32.2. The lowest BCUT2D eigenvalue weighted by Gasteiger charge is -2.06. The molecule has 0 amide bonds. The minimum Gasteiger partial charge on any atom is -0.393 e. The first-order valence-corrected chi connectivity index (χ1v) is 5.05. The van der Waals surface area contributed by atoms with E-state index in [2.05, 4.69) is 0 Å². The molecule has 0 aliphatic heterocycles. The van der Waals surface area contributed by atoms with E-state index in [0.29, 0.717) is 4.90 Å². The number of nitro benzene ring substituents is 1. The van der Waals surface area contributed by atoms with Crippen molar-refractivity contribution in [3.05, 3.63) is 27.8 Å². The van der Waals surface area contributed by atoms with Crippen LogP contribution < -0.4 is 5.73 Å². The molecule has 0 heterocycles. The highest BCUT2D eigenvalue weighted by Crippen LogP contribution is 2.33. The summed E-state index contributed by atoms with van der Waals surface area (Å²) in [6, 6.07) is 3.14. The van der Waals surface area contributed by atoms with Crippen LogP contribution in [0.2, 0.25) is 0 Å². The van der Waals surface area contributed by atoms with Crippen LogP contribution in [0.25, 0.3) is 0 Å². The summed E-state index contributed by atoms with van der Waals surface area (Å²) < 4.78 is 0. The van der Waals surface area contributed by atoms with E-state index in [0.717, 1.165) is 0 Å². The summed E-state index contributed by atoms with van der Waals surface area (Å²) in [4.78, 5) is 10.8. The van der Waals surface area contributed by atoms with Crippen LogP contribution in [0.15, 0.2) is 17.0 Å². The van der Waals surface area contributed by atoms with Crippen LogP contribution in [0, 0.1) is 10.1 Å². The Morgan fingerprint density at radius 1 is 1.64 bits per heavy atom. The molecule has 14 heavy (non-hydrogen) atoms. The van der Waals surface area contributed by atoms with Crippen molar-refractivity contribution < 1.29 is 10.0 Å². The van der Waals surface area contributed by atoms with Gasteiger partial charge in [-0.05, 0) is 18.4 Å². The Labute approximate surface area is 85.1 Å². The Morgan fingerprint density at radius 3 is 2.71 bits per heavy atom. The Kier molecular flexibility index (Phi) is 3.32. The lowest BCUT2D eigenvalue weighted by molar-refractivity contribution is -0.385. The molecule has 0 aliphatic rings. The molecule has 1 aromatic rings. The van der Waals surface area contributed by atoms with Crippen molar-refractivity contribution in [2.45, 2.75) is 11.5 Å². The maximum absolute atomic E-state index is 10.7. The number of nitrogens with two attached hydrogens (primary N) is 1. The standard InChI is InChI=1S/C8H10N2O3S/c1-14-7-3-2-6(9)8(10(12)13)5(7)4-11/h2-3,11H,4,9H2,1H3. The van der Waals surface area contributed by atoms with E-state index in [1.807, 2.05) is 0 Å². The predicted octanol–water partition coefficient (Wildman–Crippen LogP) is 1.39. The van der Waals surface area contributed by atoms with Crippen LogP contribution >= 0.6 is 11.8 Å². The molecule has 0 unspecified atom stereocenters. The predicted molar refractivity (Wildman–Crippen MR) is 55.2 cm³/mol. The quantitative estimate of drug-likeness (QED) is 0.343. The van der Waals surface area contributed by atoms with Crippen molar-refractivity contribution in [1.29, 1.82) is 0 Å². The highest BCUT2D eigenvalue weighted by Gasteiger charge is 2.20. The van der Waals surface area contributed by atoms with Crippen molar-refractivity contribution in [3.63, 3.8) is 0 Å². The number of rotatable bonds is 3. The number of nitrogens with zero attached hydrogens (tertiary/aromatic N) is 1. The Morgan fingerprint density at radius 2 is 2.29 bits per heavy atom. The average molecular weight is 214 g/mol. The molecule has 0 radical (unpaired) electrons. The second-order valence-electron chi connectivity index (χ2n) is 2.60. The van der Waals surface area contributed by atoms with Gasteiger partial charge >= 0.3 is 0 Å². The van der Waals surface area contributed by atoms with Gasteiger partial charge in [0.25, 0.3) is 5.69 Å². The molecule has 0 aliphatic carbocycles. The summed E-state index contributed by atoms with van der Waals surface area (Å²) in [5.74, 6) is 0. The number of aliphatic hydroxyl groups is 1. The fourth-order valence-electron chi connectivity index (χ4n) is 1.20. The molecule has 0 aromatic heterocycles. The highest BCUT2D eigenvalue weighted by molar-refractivity contribution is 7.98. The van der Waals surface area contributed by atoms with Crippen LogP contribution in [0.5, 0.6) is 0 Å². The van der Waals surface area contributed by atoms with E-state index < -0.39 is 4.92 Å². The Bertz CT molecular complexity index is 368. The Hall–Kier alpha value is -1.27. The zero-order valence-electron chi connectivity index (χ0n) is 7.56. The second kappa shape index (κ2) is 4.30. The first-order valence-electron chi connectivity index (χ1n) is 3.82. The van der Waals surface area contributed by atoms with Gasteiger partial charge < -0.3 is 10.8 Å². The number of hydrogen-bond acceptors (Lipinski definition) is 5. The summed E-state index contributed by atoms with van der Waals surface area (Å²) >= 11 is 1.34. The molecule has 3 N–H and O–H groups in total. The molecule has 1 aromatic carbocycles. The third kappa shape index (κ3) is 1.80. The fourth-order valence-corrected chi connectivity index (χ4v) is 1.81. The molecule has 6 heteroatoms. The van der Waals surface area contributed by atoms with E-state index >= 15 is 0 Å². The number of nitrogen functional groups attached to an aromatic ring is 1. The van der Waals surface area contributed by atoms with Crippen molar-refractivity contribution in [1.82, 2.24) is 0 Å². The second-order valence-corrected chi connectivity index (χ2v) is 3.45. The van der Waals surface area contributed by atoms with E-state index in [-0.39, 0.29) is 23.5 Å². The minimum absolute atomic E-state index is 0.0804. The molecular formula is C8H10N2O3S. The summed E-state index contributed by atoms with van der Waals surface area (Å²) in [5.41, 5.74) is 5.62. The molecular weight excluding hydrogens is 204 g/mol. The molecule has 0 fully saturated rings. The van der Waals surface area contributed by atoms with Crippen molar-refractivity contribution >= 4 is 23.1 Å². The zero-order valence-corrected chi connectivity index (χ0v) is 8.37. The van der Waals surface area contributed by atoms with Gasteiger partial charge in [0.15, 0.2) is 0 Å². The monoisotopic (exact) mass is 214 g/mol. The van der Waals surface area contributed by atoms with Crippen LogP contribution in [0.4, 0.5) is 11.4 Å². The Balaban J connectivity index is 3.42. The molecule has 0 saturated heterocycles. The topological polar surface area (TPSA) is 89.4 Å². The van der Waals surface area contributed by atoms with Crippen molar-refractivity contribution in [3.8, 4) is 0 Å². The van der Waals surface area contributed by atoms with Crippen molar-refractivity contribution in [2.24, 2.45) is 0 Å². The average Bonchev–Trinajstić information content (AvgIpc) is 2.16. The lowest BCUT2D eigenvalue weighted by atomic mass is 10.1. The number of anilines is 1. The maximum atomic E-state index is 10.7. The molecule has 1 rings (SSSR count). The first-order chi connectivity index (χ1) is 6.61. The smallest absolute Gasteiger partial charge is 0.298 e. The van der Waals surface area contributed by atoms with Gasteiger partial charge in [-0.3, -0.25) is 10.1 Å². The number of thioether (sulfide) groups is 1. The van der Waals surface area contributed by atoms with Gasteiger partial charge in [-0.1, -0.05) is 0 Å². The first kappa shape index (κ1) is 10.8. The van der Waals surface area contributed by atoms with Gasteiger partial charge in [0.05, 0.1) is 17.1 Å². The molecule has 0 atom stereocenters. The summed E-state index contributed by atoms with van der Waals surface area (Å²) in [6.45, 7) is -0.377. The van der Waals surface area contributed by atoms with Gasteiger partial charge in [-0.15, -0.1) is 11.8 Å². The largest absolute Gasteiger partial charge is 0.393 e. The van der Waals surface area contributed by atoms with Crippen LogP contribution in [0.1, 0.15) is 5.56 Å². The number of nitro groups is 1. The fraction of sp³-hybridized carbons (Fsp3) is 0.250. The van der Waals surface area contributed by atoms with Gasteiger partial charge in [0, 0.05) is 4.90 Å². The third-order valence-electron chi connectivity index (χ3n) is 1.83. The van der Waals surface area contributed by atoms with Gasteiger partial charge in [0.2, 0.25) is 0 Å². The lowest BCUT2D eigenvalue weighted by Crippen LogP contribution is -2.02. The summed E-state index contributed by atoms with van der Waals surface area (Å²) in [7, 11) is 0. The van der Waals surface area contributed by atoms with Gasteiger partial charge in [0.1, 0.15) is 5.69 Å². The van der Waals surface area contributed by atoms with Crippen molar-refractivity contribution in [2.75, 3.05) is 12.0 Å². The van der Waals surface area contributed by atoms with E-state index in [1.54, 1.807) is 12.3 Å². The van der Waals surface area contributed by atoms with Gasteiger partial charge in [-0.25, -0.2) is 0 Å². The van der Waals surface area contributed by atoms with Crippen LogP contribution in [0.3, 0.4) is 0 Å². The normalized spacial score (nSPS) is 10.1. The molecule has 0 saturated carbocycles. The molecule has 0 spiro atoms. The van der Waals surface area contributed by atoms with E-state index in [4.69, 9.17) is 10.8 Å². The van der Waals surface area contributed by atoms with E-state index in [9.17, 15) is 10.1 Å². The maximum Gasteiger partial charge on any atom is 0.298 e. The van der Waals surface area contributed by atoms with Crippen LogP contribution in [-0.4, -0.2) is 16.3 Å². The molecule has 0 bridgehead atoms. The molecule has 76 valence electrons. The number of hydrogen-bond donors (Lipinski definition) is 2. The summed E-state index contributed by atoms with van der Waals surface area (Å²) in [5, 5.41) is 19.7. The molecule has 5 nitrogen and oxygen atoms in total. The zero-order chi connectivity index (χ0) is 10.7. The third-order valence-corrected chi connectivity index (χ3v) is 2.65.